The smallest absolute Gasteiger partial charge is 0.343 e. The van der Waals surface area contributed by atoms with Crippen molar-refractivity contribution in [1.29, 1.82) is 0 Å². The molecule has 1 rings (SSSR count). The molecule has 0 amide bonds. The number of rotatable bonds is 4. The van der Waals surface area contributed by atoms with E-state index in [1.54, 1.807) is 0 Å². The zero-order chi connectivity index (χ0) is 11.4. The van der Waals surface area contributed by atoms with Crippen LogP contribution in [0.1, 0.15) is 41.6 Å². The molecule has 0 aliphatic rings. The lowest BCUT2D eigenvalue weighted by Gasteiger charge is -2.03. The molecular weight excluding hydrogens is 196 g/mol. The predicted molar refractivity (Wildman–Crippen MR) is 55.2 cm³/mol. The van der Waals surface area contributed by atoms with Gasteiger partial charge in [0.1, 0.15) is 11.4 Å². The van der Waals surface area contributed by atoms with Crippen molar-refractivity contribution in [2.45, 2.75) is 33.1 Å². The molecule has 82 valence electrons. The number of nitrogens with zero attached hydrogens (tertiary/aromatic N) is 1. The van der Waals surface area contributed by atoms with Crippen molar-refractivity contribution in [3.63, 3.8) is 0 Å². The van der Waals surface area contributed by atoms with E-state index in [0.717, 1.165) is 12.8 Å². The molecule has 0 fully saturated rings. The highest BCUT2D eigenvalue weighted by Gasteiger charge is 2.14. The van der Waals surface area contributed by atoms with Gasteiger partial charge in [0.05, 0.1) is 5.69 Å². The molecule has 0 saturated carbocycles. The number of carbonyl (C=O) groups is 1. The lowest BCUT2D eigenvalue weighted by molar-refractivity contribution is 0.0693. The fourth-order valence-corrected chi connectivity index (χ4v) is 1.36. The number of nitrogens with one attached hydrogen (secondary N) is 1. The molecular formula is C10H14N2O3. The molecule has 15 heavy (non-hydrogen) atoms. The van der Waals surface area contributed by atoms with Crippen LogP contribution in [-0.2, 0) is 6.42 Å². The van der Waals surface area contributed by atoms with Gasteiger partial charge in [0.15, 0.2) is 0 Å². The number of H-pyrrole nitrogens is 1. The van der Waals surface area contributed by atoms with Crippen LogP contribution in [0.25, 0.3) is 0 Å². The molecule has 0 radical (unpaired) electrons. The highest BCUT2D eigenvalue weighted by molar-refractivity contribution is 5.88. The minimum atomic E-state index is -1.23. The van der Waals surface area contributed by atoms with Gasteiger partial charge in [0, 0.05) is 6.42 Å². The number of aromatic nitrogens is 2. The van der Waals surface area contributed by atoms with E-state index >= 15 is 0 Å². The zero-order valence-corrected chi connectivity index (χ0v) is 8.83. The van der Waals surface area contributed by atoms with Gasteiger partial charge in [-0.3, -0.25) is 4.79 Å². The number of carboxylic acid groups (broad SMARTS) is 1. The molecule has 2 N–H and O–H groups in total. The number of unbranched alkanes of at least 4 members (excludes halogenated alkanes) is 1. The molecule has 0 aromatic carbocycles. The van der Waals surface area contributed by atoms with Crippen LogP contribution in [0.3, 0.4) is 0 Å². The molecule has 0 spiro atoms. The minimum absolute atomic E-state index is 0.268. The third-order valence-electron chi connectivity index (χ3n) is 2.13. The van der Waals surface area contributed by atoms with E-state index in [2.05, 4.69) is 9.97 Å². The number of aromatic amines is 1. The van der Waals surface area contributed by atoms with Crippen LogP contribution in [0.4, 0.5) is 0 Å². The third kappa shape index (κ3) is 2.65. The summed E-state index contributed by atoms with van der Waals surface area (Å²) in [5.74, 6) is -0.673. The predicted octanol–water partition coefficient (Wildman–Crippen LogP) is 1.12. The first-order valence-corrected chi connectivity index (χ1v) is 4.89. The highest BCUT2D eigenvalue weighted by Crippen LogP contribution is 2.02. The normalized spacial score (nSPS) is 10.3. The molecule has 1 heterocycles. The summed E-state index contributed by atoms with van der Waals surface area (Å²) >= 11 is 0. The maximum Gasteiger partial charge on any atom is 0.343 e. The summed E-state index contributed by atoms with van der Waals surface area (Å²) < 4.78 is 0. The number of hydrogen-bond acceptors (Lipinski definition) is 3. The molecule has 0 bridgehead atoms. The summed E-state index contributed by atoms with van der Waals surface area (Å²) in [5.41, 5.74) is -0.561. The Balaban J connectivity index is 3.09. The van der Waals surface area contributed by atoms with E-state index in [-0.39, 0.29) is 11.3 Å². The monoisotopic (exact) mass is 210 g/mol. The van der Waals surface area contributed by atoms with E-state index in [9.17, 15) is 9.59 Å². The molecule has 0 aliphatic heterocycles. The Morgan fingerprint density at radius 3 is 2.67 bits per heavy atom. The van der Waals surface area contributed by atoms with E-state index in [1.807, 2.05) is 6.92 Å². The van der Waals surface area contributed by atoms with Crippen molar-refractivity contribution in [1.82, 2.24) is 9.97 Å². The van der Waals surface area contributed by atoms with Gasteiger partial charge in [-0.1, -0.05) is 13.3 Å². The lowest BCUT2D eigenvalue weighted by atomic mass is 10.2. The van der Waals surface area contributed by atoms with E-state index in [0.29, 0.717) is 12.2 Å². The first kappa shape index (κ1) is 11.4. The van der Waals surface area contributed by atoms with Gasteiger partial charge < -0.3 is 10.1 Å². The fraction of sp³-hybridized carbons (Fsp3) is 0.500. The Morgan fingerprint density at radius 1 is 1.53 bits per heavy atom. The maximum absolute atomic E-state index is 11.4. The Labute approximate surface area is 87.2 Å². The van der Waals surface area contributed by atoms with Crippen molar-refractivity contribution in [3.05, 3.63) is 27.4 Å². The highest BCUT2D eigenvalue weighted by atomic mass is 16.4. The van der Waals surface area contributed by atoms with Crippen LogP contribution < -0.4 is 5.56 Å². The first-order chi connectivity index (χ1) is 7.06. The van der Waals surface area contributed by atoms with Crippen LogP contribution in [0, 0.1) is 6.92 Å². The van der Waals surface area contributed by atoms with Crippen molar-refractivity contribution in [2.75, 3.05) is 0 Å². The van der Waals surface area contributed by atoms with Gasteiger partial charge in [0.25, 0.3) is 5.56 Å². The second-order valence-electron chi connectivity index (χ2n) is 3.38. The summed E-state index contributed by atoms with van der Waals surface area (Å²) in [7, 11) is 0. The summed E-state index contributed by atoms with van der Waals surface area (Å²) in [6.07, 6.45) is 2.60. The molecule has 0 saturated heterocycles. The van der Waals surface area contributed by atoms with Gasteiger partial charge in [-0.15, -0.1) is 0 Å². The van der Waals surface area contributed by atoms with Crippen LogP contribution >= 0.6 is 0 Å². The van der Waals surface area contributed by atoms with Crippen molar-refractivity contribution in [3.8, 4) is 0 Å². The Morgan fingerprint density at radius 2 is 2.20 bits per heavy atom. The van der Waals surface area contributed by atoms with Gasteiger partial charge >= 0.3 is 5.97 Å². The molecule has 0 unspecified atom stereocenters. The quantitative estimate of drug-likeness (QED) is 0.780. The second-order valence-corrected chi connectivity index (χ2v) is 3.38. The molecule has 1 aromatic heterocycles. The molecule has 0 atom stereocenters. The van der Waals surface area contributed by atoms with Gasteiger partial charge in [0.2, 0.25) is 0 Å². The maximum atomic E-state index is 11.4. The number of aromatic carboxylic acids is 1. The SMILES string of the molecule is CCCCc1nc(C)c(C(=O)O)c(=O)[nH]1. The standard InChI is InChI=1S/C10H14N2O3/c1-3-4-5-7-11-6(2)8(10(14)15)9(13)12-7/h3-5H2,1-2H3,(H,14,15)(H,11,12,13). The van der Waals surface area contributed by atoms with Gasteiger partial charge in [-0.05, 0) is 13.3 Å². The van der Waals surface area contributed by atoms with Crippen LogP contribution in [0.15, 0.2) is 4.79 Å². The Kier molecular flexibility index (Phi) is 3.60. The van der Waals surface area contributed by atoms with Gasteiger partial charge in [-0.25, -0.2) is 9.78 Å². The van der Waals surface area contributed by atoms with Gasteiger partial charge in [-0.2, -0.15) is 0 Å². The fourth-order valence-electron chi connectivity index (χ4n) is 1.36. The molecule has 1 aromatic rings. The Bertz CT molecular complexity index is 423. The summed E-state index contributed by atoms with van der Waals surface area (Å²) in [4.78, 5) is 28.6. The molecule has 5 heteroatoms. The number of hydrogen-bond donors (Lipinski definition) is 2. The van der Waals surface area contributed by atoms with E-state index in [4.69, 9.17) is 5.11 Å². The second kappa shape index (κ2) is 4.72. The summed E-state index contributed by atoms with van der Waals surface area (Å²) in [6, 6.07) is 0. The van der Waals surface area contributed by atoms with Crippen molar-refractivity contribution in [2.24, 2.45) is 0 Å². The van der Waals surface area contributed by atoms with Crippen molar-refractivity contribution < 1.29 is 9.90 Å². The van der Waals surface area contributed by atoms with Crippen molar-refractivity contribution >= 4 is 5.97 Å². The summed E-state index contributed by atoms with van der Waals surface area (Å²) in [6.45, 7) is 3.57. The van der Waals surface area contributed by atoms with E-state index < -0.39 is 11.5 Å². The first-order valence-electron chi connectivity index (χ1n) is 4.89. The van der Waals surface area contributed by atoms with Crippen LogP contribution in [0.5, 0.6) is 0 Å². The lowest BCUT2D eigenvalue weighted by Crippen LogP contribution is -2.22. The molecule has 0 aliphatic carbocycles. The van der Waals surface area contributed by atoms with Crippen LogP contribution in [0.2, 0.25) is 0 Å². The largest absolute Gasteiger partial charge is 0.477 e. The molecule has 5 nitrogen and oxygen atoms in total. The summed E-state index contributed by atoms with van der Waals surface area (Å²) in [5, 5.41) is 8.75. The number of carboxylic acids is 1. The minimum Gasteiger partial charge on any atom is -0.477 e. The Hall–Kier alpha value is -1.65. The number of aryl methyl sites for hydroxylation is 2. The van der Waals surface area contributed by atoms with E-state index in [1.165, 1.54) is 6.92 Å². The third-order valence-corrected chi connectivity index (χ3v) is 2.13. The topological polar surface area (TPSA) is 83.0 Å². The average molecular weight is 210 g/mol. The van der Waals surface area contributed by atoms with Crippen LogP contribution in [-0.4, -0.2) is 21.0 Å². The average Bonchev–Trinajstić information content (AvgIpc) is 2.12. The zero-order valence-electron chi connectivity index (χ0n) is 8.83.